The van der Waals surface area contributed by atoms with Gasteiger partial charge in [-0.15, -0.1) is 0 Å². The van der Waals surface area contributed by atoms with E-state index in [-0.39, 0.29) is 0 Å². The van der Waals surface area contributed by atoms with E-state index in [4.69, 9.17) is 0 Å². The fourth-order valence-corrected chi connectivity index (χ4v) is 2.19. The van der Waals surface area contributed by atoms with Crippen molar-refractivity contribution in [3.63, 3.8) is 0 Å². The zero-order valence-corrected chi connectivity index (χ0v) is 11.6. The molecule has 0 aliphatic rings. The van der Waals surface area contributed by atoms with Crippen molar-refractivity contribution in [1.29, 1.82) is 0 Å². The standard InChI is InChI=1S/C16H21N3/c1-17-11-14-7-3-4-8-15(14)12-19(2)13-16-9-5-6-10-18-16/h3-10,17H,11-13H2,1-2H3. The van der Waals surface area contributed by atoms with Gasteiger partial charge in [0.05, 0.1) is 5.69 Å². The van der Waals surface area contributed by atoms with Crippen molar-refractivity contribution in [2.75, 3.05) is 14.1 Å². The van der Waals surface area contributed by atoms with Gasteiger partial charge >= 0.3 is 0 Å². The Kier molecular flexibility index (Phi) is 5.07. The van der Waals surface area contributed by atoms with E-state index >= 15 is 0 Å². The van der Waals surface area contributed by atoms with Crippen LogP contribution >= 0.6 is 0 Å². The normalized spacial score (nSPS) is 10.9. The van der Waals surface area contributed by atoms with Crippen LogP contribution in [0, 0.1) is 0 Å². The van der Waals surface area contributed by atoms with Gasteiger partial charge in [0.2, 0.25) is 0 Å². The average molecular weight is 255 g/mol. The number of pyridine rings is 1. The van der Waals surface area contributed by atoms with Crippen LogP contribution in [-0.2, 0) is 19.6 Å². The Hall–Kier alpha value is -1.71. The molecule has 0 saturated carbocycles. The van der Waals surface area contributed by atoms with Crippen LogP contribution in [-0.4, -0.2) is 24.0 Å². The fraction of sp³-hybridized carbons (Fsp3) is 0.312. The van der Waals surface area contributed by atoms with Crippen LogP contribution in [0.25, 0.3) is 0 Å². The molecule has 0 radical (unpaired) electrons. The topological polar surface area (TPSA) is 28.2 Å². The predicted octanol–water partition coefficient (Wildman–Crippen LogP) is 2.43. The third kappa shape index (κ3) is 4.16. The van der Waals surface area contributed by atoms with E-state index in [2.05, 4.69) is 52.6 Å². The first kappa shape index (κ1) is 13.7. The van der Waals surface area contributed by atoms with E-state index in [9.17, 15) is 0 Å². The summed E-state index contributed by atoms with van der Waals surface area (Å²) in [5.41, 5.74) is 3.84. The Morgan fingerprint density at radius 3 is 2.42 bits per heavy atom. The Balaban J connectivity index is 2.00. The number of rotatable bonds is 6. The highest BCUT2D eigenvalue weighted by Crippen LogP contribution is 2.12. The van der Waals surface area contributed by atoms with Crippen molar-refractivity contribution in [2.24, 2.45) is 0 Å². The van der Waals surface area contributed by atoms with Crippen molar-refractivity contribution < 1.29 is 0 Å². The molecule has 0 fully saturated rings. The number of hydrogen-bond acceptors (Lipinski definition) is 3. The van der Waals surface area contributed by atoms with E-state index in [1.807, 2.05) is 25.4 Å². The number of hydrogen-bond donors (Lipinski definition) is 1. The zero-order valence-electron chi connectivity index (χ0n) is 11.6. The Labute approximate surface area is 115 Å². The van der Waals surface area contributed by atoms with Crippen LogP contribution in [0.2, 0.25) is 0 Å². The first-order valence-corrected chi connectivity index (χ1v) is 6.59. The van der Waals surface area contributed by atoms with E-state index in [0.29, 0.717) is 0 Å². The smallest absolute Gasteiger partial charge is 0.0543 e. The second-order valence-electron chi connectivity index (χ2n) is 4.79. The van der Waals surface area contributed by atoms with Crippen molar-refractivity contribution in [3.05, 3.63) is 65.5 Å². The molecule has 1 N–H and O–H groups in total. The average Bonchev–Trinajstić information content (AvgIpc) is 2.42. The Morgan fingerprint density at radius 1 is 1.00 bits per heavy atom. The molecule has 0 aliphatic carbocycles. The lowest BCUT2D eigenvalue weighted by molar-refractivity contribution is 0.314. The van der Waals surface area contributed by atoms with Crippen molar-refractivity contribution in [3.8, 4) is 0 Å². The molecule has 2 aromatic rings. The highest BCUT2D eigenvalue weighted by Gasteiger charge is 2.06. The van der Waals surface area contributed by atoms with Gasteiger partial charge in [-0.1, -0.05) is 30.3 Å². The van der Waals surface area contributed by atoms with Crippen LogP contribution in [0.3, 0.4) is 0 Å². The molecule has 0 spiro atoms. The summed E-state index contributed by atoms with van der Waals surface area (Å²) in [5.74, 6) is 0. The second kappa shape index (κ2) is 7.02. The maximum Gasteiger partial charge on any atom is 0.0543 e. The zero-order chi connectivity index (χ0) is 13.5. The highest BCUT2D eigenvalue weighted by molar-refractivity contribution is 5.27. The van der Waals surface area contributed by atoms with Gasteiger partial charge in [0, 0.05) is 25.8 Å². The van der Waals surface area contributed by atoms with Crippen LogP contribution in [0.15, 0.2) is 48.7 Å². The summed E-state index contributed by atoms with van der Waals surface area (Å²) >= 11 is 0. The monoisotopic (exact) mass is 255 g/mol. The van der Waals surface area contributed by atoms with Gasteiger partial charge in [-0.3, -0.25) is 9.88 Å². The number of nitrogens with zero attached hydrogens (tertiary/aromatic N) is 2. The third-order valence-corrected chi connectivity index (χ3v) is 3.08. The Bertz CT molecular complexity index is 496. The van der Waals surface area contributed by atoms with E-state index in [1.54, 1.807) is 0 Å². The van der Waals surface area contributed by atoms with Gasteiger partial charge in [0.15, 0.2) is 0 Å². The van der Waals surface area contributed by atoms with E-state index in [1.165, 1.54) is 11.1 Å². The lowest BCUT2D eigenvalue weighted by Gasteiger charge is -2.18. The van der Waals surface area contributed by atoms with Crippen molar-refractivity contribution >= 4 is 0 Å². The highest BCUT2D eigenvalue weighted by atomic mass is 15.1. The minimum atomic E-state index is 0.870. The SMILES string of the molecule is CNCc1ccccc1CN(C)Cc1ccccn1. The summed E-state index contributed by atoms with van der Waals surface area (Å²) in [6, 6.07) is 14.6. The minimum absolute atomic E-state index is 0.870. The summed E-state index contributed by atoms with van der Waals surface area (Å²) in [6.45, 7) is 2.72. The predicted molar refractivity (Wildman–Crippen MR) is 78.6 cm³/mol. The molecular formula is C16H21N3. The molecule has 100 valence electrons. The lowest BCUT2D eigenvalue weighted by Crippen LogP contribution is -2.19. The van der Waals surface area contributed by atoms with Gasteiger partial charge in [0.25, 0.3) is 0 Å². The Morgan fingerprint density at radius 2 is 1.74 bits per heavy atom. The molecular weight excluding hydrogens is 234 g/mol. The fourth-order valence-electron chi connectivity index (χ4n) is 2.19. The van der Waals surface area contributed by atoms with E-state index < -0.39 is 0 Å². The summed E-state index contributed by atoms with van der Waals surface area (Å²) in [4.78, 5) is 6.65. The molecule has 1 aromatic carbocycles. The maximum absolute atomic E-state index is 4.37. The quantitative estimate of drug-likeness (QED) is 0.859. The van der Waals surface area contributed by atoms with Gasteiger partial charge in [0.1, 0.15) is 0 Å². The van der Waals surface area contributed by atoms with Crippen molar-refractivity contribution in [2.45, 2.75) is 19.6 Å². The van der Waals surface area contributed by atoms with Crippen LogP contribution in [0.4, 0.5) is 0 Å². The first-order valence-electron chi connectivity index (χ1n) is 6.59. The lowest BCUT2D eigenvalue weighted by atomic mass is 10.1. The van der Waals surface area contributed by atoms with Gasteiger partial charge in [-0.25, -0.2) is 0 Å². The molecule has 1 aromatic heterocycles. The molecule has 3 heteroatoms. The molecule has 0 atom stereocenters. The molecule has 0 saturated heterocycles. The molecule has 0 bridgehead atoms. The number of aromatic nitrogens is 1. The molecule has 19 heavy (non-hydrogen) atoms. The molecule has 3 nitrogen and oxygen atoms in total. The molecule has 2 rings (SSSR count). The maximum atomic E-state index is 4.37. The summed E-state index contributed by atoms with van der Waals surface area (Å²) in [6.07, 6.45) is 1.85. The van der Waals surface area contributed by atoms with E-state index in [0.717, 1.165) is 25.3 Å². The second-order valence-corrected chi connectivity index (χ2v) is 4.79. The minimum Gasteiger partial charge on any atom is -0.316 e. The third-order valence-electron chi connectivity index (χ3n) is 3.08. The summed E-state index contributed by atoms with van der Waals surface area (Å²) < 4.78 is 0. The molecule has 1 heterocycles. The summed E-state index contributed by atoms with van der Waals surface area (Å²) in [7, 11) is 4.11. The van der Waals surface area contributed by atoms with Gasteiger partial charge < -0.3 is 5.32 Å². The first-order chi connectivity index (χ1) is 9.29. The molecule has 0 unspecified atom stereocenters. The largest absolute Gasteiger partial charge is 0.316 e. The van der Waals surface area contributed by atoms with Gasteiger partial charge in [-0.05, 0) is 37.4 Å². The van der Waals surface area contributed by atoms with Gasteiger partial charge in [-0.2, -0.15) is 0 Å². The van der Waals surface area contributed by atoms with Crippen LogP contribution in [0.5, 0.6) is 0 Å². The van der Waals surface area contributed by atoms with Crippen molar-refractivity contribution in [1.82, 2.24) is 15.2 Å². The van der Waals surface area contributed by atoms with Crippen LogP contribution < -0.4 is 5.32 Å². The van der Waals surface area contributed by atoms with Crippen LogP contribution in [0.1, 0.15) is 16.8 Å². The molecule has 0 amide bonds. The number of benzene rings is 1. The summed E-state index contributed by atoms with van der Waals surface area (Å²) in [5, 5.41) is 3.22. The molecule has 0 aliphatic heterocycles. The number of nitrogens with one attached hydrogen (secondary N) is 1.